The molecular weight excluding hydrogens is 332 g/mol. The van der Waals surface area contributed by atoms with Crippen LogP contribution in [0.25, 0.3) is 17.3 Å². The van der Waals surface area contributed by atoms with Gasteiger partial charge in [0.05, 0.1) is 16.8 Å². The summed E-state index contributed by atoms with van der Waals surface area (Å²) in [7, 11) is 0. The Morgan fingerprint density at radius 2 is 2.16 bits per heavy atom. The number of aromatic amines is 1. The summed E-state index contributed by atoms with van der Waals surface area (Å²) in [5.74, 6) is 0.497. The molecule has 4 rings (SSSR count). The van der Waals surface area contributed by atoms with E-state index in [1.54, 1.807) is 6.20 Å². The molecular formula is C19H20N4OS. The predicted molar refractivity (Wildman–Crippen MR) is 102 cm³/mol. The van der Waals surface area contributed by atoms with Crippen molar-refractivity contribution in [3.63, 3.8) is 0 Å². The number of aromatic nitrogens is 2. The number of amides is 1. The van der Waals surface area contributed by atoms with Gasteiger partial charge in [-0.05, 0) is 36.6 Å². The first-order valence-corrected chi connectivity index (χ1v) is 9.38. The van der Waals surface area contributed by atoms with Crippen LogP contribution in [0.4, 0.5) is 0 Å². The van der Waals surface area contributed by atoms with Gasteiger partial charge < -0.3 is 4.90 Å². The lowest BCUT2D eigenvalue weighted by Crippen LogP contribution is -2.37. The van der Waals surface area contributed by atoms with E-state index in [0.717, 1.165) is 41.5 Å². The normalized spacial score (nSPS) is 22.5. The van der Waals surface area contributed by atoms with Gasteiger partial charge in [-0.1, -0.05) is 37.3 Å². The number of H-pyrrole nitrogens is 1. The quantitative estimate of drug-likeness (QED) is 0.836. The molecule has 0 unspecified atom stereocenters. The largest absolute Gasteiger partial charge is 0.351 e. The van der Waals surface area contributed by atoms with Crippen LogP contribution in [0, 0.1) is 5.92 Å². The number of aliphatic imine (C=N–C) groups is 1. The van der Waals surface area contributed by atoms with Crippen molar-refractivity contribution in [3.8, 4) is 11.3 Å². The molecule has 0 bridgehead atoms. The molecule has 1 saturated heterocycles. The molecule has 25 heavy (non-hydrogen) atoms. The molecule has 6 heteroatoms. The summed E-state index contributed by atoms with van der Waals surface area (Å²) in [5, 5.41) is 8.02. The summed E-state index contributed by atoms with van der Waals surface area (Å²) in [5.41, 5.74) is 2.88. The number of likely N-dealkylation sites (tertiary alicyclic amines) is 1. The number of nitrogens with one attached hydrogen (secondary N) is 1. The van der Waals surface area contributed by atoms with E-state index in [2.05, 4.69) is 27.0 Å². The van der Waals surface area contributed by atoms with Gasteiger partial charge in [-0.2, -0.15) is 10.1 Å². The maximum absolute atomic E-state index is 12.3. The van der Waals surface area contributed by atoms with Gasteiger partial charge in [0.1, 0.15) is 0 Å². The lowest BCUT2D eigenvalue weighted by atomic mass is 10.0. The zero-order chi connectivity index (χ0) is 17.2. The van der Waals surface area contributed by atoms with Crippen LogP contribution < -0.4 is 0 Å². The highest BCUT2D eigenvalue weighted by Crippen LogP contribution is 2.33. The average Bonchev–Trinajstić information content (AvgIpc) is 3.23. The molecule has 1 atom stereocenters. The van der Waals surface area contributed by atoms with Crippen LogP contribution in [0.2, 0.25) is 0 Å². The number of rotatable bonds is 2. The van der Waals surface area contributed by atoms with E-state index in [1.807, 2.05) is 36.4 Å². The van der Waals surface area contributed by atoms with Crippen molar-refractivity contribution >= 4 is 28.9 Å². The minimum absolute atomic E-state index is 0.154. The molecule has 0 radical (unpaired) electrons. The summed E-state index contributed by atoms with van der Waals surface area (Å²) in [6.45, 7) is 4.22. The van der Waals surface area contributed by atoms with Crippen molar-refractivity contribution in [1.29, 1.82) is 0 Å². The van der Waals surface area contributed by atoms with Crippen LogP contribution >= 0.6 is 11.8 Å². The summed E-state index contributed by atoms with van der Waals surface area (Å²) in [6.07, 6.45) is 6.06. The monoisotopic (exact) mass is 352 g/mol. The summed E-state index contributed by atoms with van der Waals surface area (Å²) < 4.78 is 0. The Hall–Kier alpha value is -2.34. The van der Waals surface area contributed by atoms with Crippen molar-refractivity contribution in [3.05, 3.63) is 47.0 Å². The van der Waals surface area contributed by atoms with Gasteiger partial charge in [0.15, 0.2) is 5.17 Å². The minimum atomic E-state index is -0.154. The molecule has 0 aliphatic carbocycles. The molecule has 0 saturated carbocycles. The maximum atomic E-state index is 12.3. The SMILES string of the molecule is C[C@H]1CCCN(C2=NC(=O)/C(=C/c3cn[nH]c3-c3ccccc3)S2)C1. The molecule has 128 valence electrons. The highest BCUT2D eigenvalue weighted by molar-refractivity contribution is 8.18. The first-order valence-electron chi connectivity index (χ1n) is 8.57. The number of amidine groups is 1. The van der Waals surface area contributed by atoms with Crippen LogP contribution in [0.3, 0.4) is 0 Å². The minimum Gasteiger partial charge on any atom is -0.351 e. The Morgan fingerprint density at radius 3 is 2.96 bits per heavy atom. The van der Waals surface area contributed by atoms with Gasteiger partial charge in [-0.25, -0.2) is 0 Å². The number of hydrogen-bond donors (Lipinski definition) is 1. The van der Waals surface area contributed by atoms with E-state index in [4.69, 9.17) is 0 Å². The predicted octanol–water partition coefficient (Wildman–Crippen LogP) is 3.78. The van der Waals surface area contributed by atoms with E-state index >= 15 is 0 Å². The molecule has 2 aromatic rings. The molecule has 2 aliphatic rings. The van der Waals surface area contributed by atoms with E-state index in [9.17, 15) is 4.79 Å². The lowest BCUT2D eigenvalue weighted by Gasteiger charge is -2.31. The van der Waals surface area contributed by atoms with Crippen LogP contribution in [-0.4, -0.2) is 39.3 Å². The summed E-state index contributed by atoms with van der Waals surface area (Å²) in [6, 6.07) is 10.0. The van der Waals surface area contributed by atoms with Crippen molar-refractivity contribution in [2.45, 2.75) is 19.8 Å². The van der Waals surface area contributed by atoms with E-state index in [-0.39, 0.29) is 5.91 Å². The Kier molecular flexibility index (Phi) is 4.44. The molecule has 5 nitrogen and oxygen atoms in total. The van der Waals surface area contributed by atoms with Gasteiger partial charge >= 0.3 is 0 Å². The van der Waals surface area contributed by atoms with E-state index in [1.165, 1.54) is 18.2 Å². The summed E-state index contributed by atoms with van der Waals surface area (Å²) in [4.78, 5) is 19.5. The van der Waals surface area contributed by atoms with Gasteiger partial charge in [-0.3, -0.25) is 9.89 Å². The fraction of sp³-hybridized carbons (Fsp3) is 0.316. The fourth-order valence-corrected chi connectivity index (χ4v) is 4.22. The Bertz CT molecular complexity index is 840. The maximum Gasteiger partial charge on any atom is 0.286 e. The van der Waals surface area contributed by atoms with Crippen molar-refractivity contribution in [1.82, 2.24) is 15.1 Å². The number of piperidine rings is 1. The zero-order valence-corrected chi connectivity index (χ0v) is 14.9. The van der Waals surface area contributed by atoms with Crippen molar-refractivity contribution in [2.75, 3.05) is 13.1 Å². The average molecular weight is 352 g/mol. The molecule has 2 aliphatic heterocycles. The lowest BCUT2D eigenvalue weighted by molar-refractivity contribution is -0.113. The molecule has 3 heterocycles. The van der Waals surface area contributed by atoms with Crippen LogP contribution in [-0.2, 0) is 4.79 Å². The van der Waals surface area contributed by atoms with E-state index < -0.39 is 0 Å². The van der Waals surface area contributed by atoms with Crippen LogP contribution in [0.1, 0.15) is 25.3 Å². The number of nitrogens with zero attached hydrogens (tertiary/aromatic N) is 3. The summed E-state index contributed by atoms with van der Waals surface area (Å²) >= 11 is 1.48. The highest BCUT2D eigenvalue weighted by Gasteiger charge is 2.28. The molecule has 1 fully saturated rings. The van der Waals surface area contributed by atoms with Crippen molar-refractivity contribution < 1.29 is 4.79 Å². The second kappa shape index (κ2) is 6.88. The van der Waals surface area contributed by atoms with Gasteiger partial charge in [0.25, 0.3) is 5.91 Å². The first-order chi connectivity index (χ1) is 12.2. The Balaban J connectivity index is 1.56. The molecule has 1 amide bonds. The number of carbonyl (C=O) groups is 1. The number of benzene rings is 1. The molecule has 1 aromatic heterocycles. The van der Waals surface area contributed by atoms with Gasteiger partial charge in [0.2, 0.25) is 0 Å². The molecule has 1 aromatic carbocycles. The molecule has 1 N–H and O–H groups in total. The van der Waals surface area contributed by atoms with Crippen LogP contribution in [0.5, 0.6) is 0 Å². The van der Waals surface area contributed by atoms with E-state index in [0.29, 0.717) is 10.8 Å². The third-order valence-corrected chi connectivity index (χ3v) is 5.60. The highest BCUT2D eigenvalue weighted by atomic mass is 32.2. The number of carbonyl (C=O) groups excluding carboxylic acids is 1. The second-order valence-electron chi connectivity index (χ2n) is 6.57. The van der Waals surface area contributed by atoms with Gasteiger partial charge in [0, 0.05) is 24.2 Å². The Labute approximate surface area is 151 Å². The third-order valence-electron chi connectivity index (χ3n) is 4.55. The first kappa shape index (κ1) is 16.1. The second-order valence-corrected chi connectivity index (χ2v) is 7.58. The zero-order valence-electron chi connectivity index (χ0n) is 14.1. The fourth-order valence-electron chi connectivity index (χ4n) is 3.28. The Morgan fingerprint density at radius 1 is 1.32 bits per heavy atom. The number of thioether (sulfide) groups is 1. The third kappa shape index (κ3) is 3.39. The molecule has 0 spiro atoms. The standard InChI is InChI=1S/C19H20N4OS/c1-13-6-5-9-23(12-13)19-21-18(24)16(25-19)10-15-11-20-22-17(15)14-7-3-2-4-8-14/h2-4,7-8,10-11,13H,5-6,9,12H2,1H3,(H,20,22)/b16-10-/t13-/m0/s1. The van der Waals surface area contributed by atoms with Gasteiger partial charge in [-0.15, -0.1) is 0 Å². The topological polar surface area (TPSA) is 61.4 Å². The smallest absolute Gasteiger partial charge is 0.286 e. The van der Waals surface area contributed by atoms with Crippen molar-refractivity contribution in [2.24, 2.45) is 10.9 Å². The number of hydrogen-bond acceptors (Lipinski definition) is 4. The van der Waals surface area contributed by atoms with Crippen LogP contribution in [0.15, 0.2) is 46.4 Å².